The zero-order chi connectivity index (χ0) is 19.9. The molecule has 0 aliphatic carbocycles. The first-order valence-electron chi connectivity index (χ1n) is 9.57. The van der Waals surface area contributed by atoms with E-state index in [0.717, 1.165) is 22.6 Å². The van der Waals surface area contributed by atoms with Crippen molar-refractivity contribution in [3.63, 3.8) is 0 Å². The minimum Gasteiger partial charge on any atom is -0.483 e. The molecule has 2 aromatic carbocycles. The van der Waals surface area contributed by atoms with Gasteiger partial charge in [0.1, 0.15) is 5.75 Å². The lowest BCUT2D eigenvalue weighted by molar-refractivity contribution is -0.135. The molecule has 0 bridgehead atoms. The molecule has 1 aliphatic rings. The number of nitrogens with zero attached hydrogens (tertiary/aromatic N) is 2. The van der Waals surface area contributed by atoms with Crippen LogP contribution in [-0.2, 0) is 9.59 Å². The largest absolute Gasteiger partial charge is 0.483 e. The molecule has 2 amide bonds. The molecule has 1 aliphatic heterocycles. The number of carbonyl (C=O) groups is 2. The normalized spacial score (nSPS) is 14.6. The number of carbonyl (C=O) groups excluding carboxylic acids is 2. The first kappa shape index (κ1) is 19.9. The summed E-state index contributed by atoms with van der Waals surface area (Å²) in [5, 5.41) is 2.89. The van der Waals surface area contributed by atoms with Gasteiger partial charge in [-0.15, -0.1) is 0 Å². The zero-order valence-corrected chi connectivity index (χ0v) is 16.5. The SMILES string of the molecule is Cc1cccc(C)c1OCC(=O)N1CCN(CC(=O)Nc2ccccc2)CC1. The molecule has 0 saturated carbocycles. The van der Waals surface area contributed by atoms with Gasteiger partial charge in [-0.3, -0.25) is 14.5 Å². The first-order chi connectivity index (χ1) is 13.5. The maximum absolute atomic E-state index is 12.5. The molecule has 1 saturated heterocycles. The van der Waals surface area contributed by atoms with E-state index in [2.05, 4.69) is 10.2 Å². The molecule has 0 unspecified atom stereocenters. The molecule has 6 heteroatoms. The summed E-state index contributed by atoms with van der Waals surface area (Å²) in [6.45, 7) is 6.89. The van der Waals surface area contributed by atoms with Gasteiger partial charge in [-0.2, -0.15) is 0 Å². The highest BCUT2D eigenvalue weighted by atomic mass is 16.5. The van der Waals surface area contributed by atoms with Crippen LogP contribution >= 0.6 is 0 Å². The monoisotopic (exact) mass is 381 g/mol. The Bertz CT molecular complexity index is 795. The van der Waals surface area contributed by atoms with Crippen molar-refractivity contribution in [3.8, 4) is 5.75 Å². The van der Waals surface area contributed by atoms with Gasteiger partial charge in [-0.25, -0.2) is 0 Å². The number of piperazine rings is 1. The average molecular weight is 381 g/mol. The van der Waals surface area contributed by atoms with Crippen LogP contribution in [0.5, 0.6) is 5.75 Å². The van der Waals surface area contributed by atoms with Crippen molar-refractivity contribution in [2.75, 3.05) is 44.6 Å². The molecule has 148 valence electrons. The van der Waals surface area contributed by atoms with E-state index >= 15 is 0 Å². The predicted octanol–water partition coefficient (Wildman–Crippen LogP) is 2.47. The topological polar surface area (TPSA) is 61.9 Å². The molecule has 0 aromatic heterocycles. The summed E-state index contributed by atoms with van der Waals surface area (Å²) < 4.78 is 5.77. The lowest BCUT2D eigenvalue weighted by Gasteiger charge is -2.34. The van der Waals surface area contributed by atoms with Gasteiger partial charge in [-0.1, -0.05) is 36.4 Å². The minimum atomic E-state index is -0.0377. The van der Waals surface area contributed by atoms with Crippen molar-refractivity contribution < 1.29 is 14.3 Å². The number of anilines is 1. The van der Waals surface area contributed by atoms with Crippen LogP contribution < -0.4 is 10.1 Å². The number of aryl methyl sites for hydroxylation is 2. The second-order valence-corrected chi connectivity index (χ2v) is 7.08. The summed E-state index contributed by atoms with van der Waals surface area (Å²) in [4.78, 5) is 28.5. The summed E-state index contributed by atoms with van der Waals surface area (Å²) in [5.74, 6) is 0.729. The van der Waals surface area contributed by atoms with E-state index in [1.54, 1.807) is 4.90 Å². The number of amides is 2. The highest BCUT2D eigenvalue weighted by molar-refractivity contribution is 5.92. The van der Waals surface area contributed by atoms with E-state index < -0.39 is 0 Å². The quantitative estimate of drug-likeness (QED) is 0.835. The van der Waals surface area contributed by atoms with E-state index in [9.17, 15) is 9.59 Å². The Morgan fingerprint density at radius 1 is 0.929 bits per heavy atom. The van der Waals surface area contributed by atoms with E-state index in [0.29, 0.717) is 32.7 Å². The Balaban J connectivity index is 1.42. The third-order valence-corrected chi connectivity index (χ3v) is 4.90. The summed E-state index contributed by atoms with van der Waals surface area (Å²) >= 11 is 0. The van der Waals surface area contributed by atoms with Crippen LogP contribution in [0.4, 0.5) is 5.69 Å². The van der Waals surface area contributed by atoms with E-state index in [1.807, 2.05) is 62.4 Å². The molecule has 6 nitrogen and oxygen atoms in total. The van der Waals surface area contributed by atoms with E-state index in [4.69, 9.17) is 4.74 Å². The maximum Gasteiger partial charge on any atom is 0.260 e. The number of nitrogens with one attached hydrogen (secondary N) is 1. The third-order valence-electron chi connectivity index (χ3n) is 4.90. The third kappa shape index (κ3) is 5.33. The summed E-state index contributed by atoms with van der Waals surface area (Å²) in [6, 6.07) is 15.4. The number of ether oxygens (including phenoxy) is 1. The fraction of sp³-hybridized carbons (Fsp3) is 0.364. The van der Waals surface area contributed by atoms with Crippen LogP contribution in [-0.4, -0.2) is 60.9 Å². The summed E-state index contributed by atoms with van der Waals surface area (Å²) in [5.41, 5.74) is 2.86. The number of benzene rings is 2. The molecule has 0 atom stereocenters. The standard InChI is InChI=1S/C22H27N3O3/c1-17-7-6-8-18(2)22(17)28-16-21(27)25-13-11-24(12-14-25)15-20(26)23-19-9-4-3-5-10-19/h3-10H,11-16H2,1-2H3,(H,23,26). The highest BCUT2D eigenvalue weighted by Gasteiger charge is 2.23. The van der Waals surface area contributed by atoms with Gasteiger partial charge < -0.3 is 15.0 Å². The fourth-order valence-corrected chi connectivity index (χ4v) is 3.33. The molecule has 1 heterocycles. The summed E-state index contributed by atoms with van der Waals surface area (Å²) in [7, 11) is 0. The van der Waals surface area contributed by atoms with Crippen molar-refractivity contribution in [2.45, 2.75) is 13.8 Å². The Kier molecular flexibility index (Phi) is 6.66. The molecule has 2 aromatic rings. The Morgan fingerprint density at radius 2 is 1.57 bits per heavy atom. The van der Waals surface area contributed by atoms with Crippen LogP contribution in [0.2, 0.25) is 0 Å². The molecular weight excluding hydrogens is 354 g/mol. The van der Waals surface area contributed by atoms with Crippen molar-refractivity contribution >= 4 is 17.5 Å². The van der Waals surface area contributed by atoms with E-state index in [1.165, 1.54) is 0 Å². The van der Waals surface area contributed by atoms with Crippen molar-refractivity contribution in [2.24, 2.45) is 0 Å². The minimum absolute atomic E-state index is 0.0176. The lowest BCUT2D eigenvalue weighted by atomic mass is 10.1. The lowest BCUT2D eigenvalue weighted by Crippen LogP contribution is -2.51. The van der Waals surface area contributed by atoms with Crippen LogP contribution in [0.25, 0.3) is 0 Å². The maximum atomic E-state index is 12.5. The van der Waals surface area contributed by atoms with Crippen LogP contribution in [0, 0.1) is 13.8 Å². The average Bonchev–Trinajstić information content (AvgIpc) is 2.68. The predicted molar refractivity (Wildman–Crippen MR) is 110 cm³/mol. The smallest absolute Gasteiger partial charge is 0.260 e. The molecule has 28 heavy (non-hydrogen) atoms. The Morgan fingerprint density at radius 3 is 2.21 bits per heavy atom. The van der Waals surface area contributed by atoms with Crippen LogP contribution in [0.15, 0.2) is 48.5 Å². The Hall–Kier alpha value is -2.86. The van der Waals surface area contributed by atoms with Gasteiger partial charge in [0.05, 0.1) is 6.54 Å². The number of rotatable bonds is 6. The second kappa shape index (κ2) is 9.37. The van der Waals surface area contributed by atoms with Gasteiger partial charge in [0.2, 0.25) is 5.91 Å². The molecular formula is C22H27N3O3. The zero-order valence-electron chi connectivity index (χ0n) is 16.5. The first-order valence-corrected chi connectivity index (χ1v) is 9.57. The molecule has 0 spiro atoms. The van der Waals surface area contributed by atoms with Gasteiger partial charge in [0.15, 0.2) is 6.61 Å². The van der Waals surface area contributed by atoms with Crippen molar-refractivity contribution in [1.82, 2.24) is 9.80 Å². The molecule has 0 radical (unpaired) electrons. The number of para-hydroxylation sites is 2. The van der Waals surface area contributed by atoms with E-state index in [-0.39, 0.29) is 18.4 Å². The number of hydrogen-bond donors (Lipinski definition) is 1. The fourth-order valence-electron chi connectivity index (χ4n) is 3.33. The van der Waals surface area contributed by atoms with Crippen molar-refractivity contribution in [1.29, 1.82) is 0 Å². The van der Waals surface area contributed by atoms with Crippen LogP contribution in [0.3, 0.4) is 0 Å². The van der Waals surface area contributed by atoms with Crippen molar-refractivity contribution in [3.05, 3.63) is 59.7 Å². The molecule has 1 fully saturated rings. The molecule has 3 rings (SSSR count). The van der Waals surface area contributed by atoms with Crippen LogP contribution in [0.1, 0.15) is 11.1 Å². The Labute approximate surface area is 166 Å². The van der Waals surface area contributed by atoms with Gasteiger partial charge >= 0.3 is 0 Å². The van der Waals surface area contributed by atoms with Gasteiger partial charge in [0.25, 0.3) is 5.91 Å². The second-order valence-electron chi connectivity index (χ2n) is 7.08. The van der Waals surface area contributed by atoms with Gasteiger partial charge in [-0.05, 0) is 37.1 Å². The van der Waals surface area contributed by atoms with Gasteiger partial charge in [0, 0.05) is 31.9 Å². The summed E-state index contributed by atoms with van der Waals surface area (Å²) in [6.07, 6.45) is 0. The molecule has 1 N–H and O–H groups in total. The highest BCUT2D eigenvalue weighted by Crippen LogP contribution is 2.22. The number of hydrogen-bond acceptors (Lipinski definition) is 4.